The van der Waals surface area contributed by atoms with Gasteiger partial charge in [-0.3, -0.25) is 39.4 Å². The Balaban J connectivity index is 0.723. The molecule has 2 spiro atoms. The van der Waals surface area contributed by atoms with Crippen LogP contribution in [-0.4, -0.2) is 88.9 Å². The van der Waals surface area contributed by atoms with E-state index in [1.54, 1.807) is 29.2 Å². The summed E-state index contributed by atoms with van der Waals surface area (Å²) in [6.45, 7) is 3.55. The maximum absolute atomic E-state index is 16.3. The number of Topliss-reactive ketones (excluding diaryl/α,β-unsaturated/α-hetero) is 1. The smallest absolute Gasteiger partial charge is 0.255 e. The number of piperidine rings is 2. The molecule has 5 aliphatic heterocycles. The lowest BCUT2D eigenvalue weighted by Gasteiger charge is -2.47. The highest BCUT2D eigenvalue weighted by Gasteiger charge is 2.72. The summed E-state index contributed by atoms with van der Waals surface area (Å²) in [5.74, 6) is -2.14. The van der Waals surface area contributed by atoms with Gasteiger partial charge in [0.15, 0.2) is 5.78 Å². The van der Waals surface area contributed by atoms with Crippen LogP contribution in [0, 0.1) is 23.6 Å². The predicted octanol–water partition coefficient (Wildman–Crippen LogP) is 7.38. The molecule has 10 rings (SSSR count). The summed E-state index contributed by atoms with van der Waals surface area (Å²) in [6.07, 6.45) is 10.6. The molecule has 7 aliphatic rings. The SMILES string of the molecule is O=C1CCC(N2Cc3c(CC4CCN(CCNC(=O)C5CCC(CC(=O)[C@@H]6NC7(CCCCC7)[C@@]7(C(=O)Nc8cc(Cl)ccc87)[C@H]6c6cccc(Cl)c6F)CC5)CC4)cccc3C2=O)C(=O)N1. The van der Waals surface area contributed by atoms with Gasteiger partial charge in [0.2, 0.25) is 23.6 Å². The molecule has 3 aromatic rings. The van der Waals surface area contributed by atoms with Crippen LogP contribution in [0.5, 0.6) is 0 Å². The molecule has 12 nitrogen and oxygen atoms in total. The lowest BCUT2D eigenvalue weighted by molar-refractivity contribution is -0.137. The molecule has 1 unspecified atom stereocenters. The van der Waals surface area contributed by atoms with Crippen molar-refractivity contribution in [3.63, 3.8) is 0 Å². The predicted molar refractivity (Wildman–Crippen MR) is 252 cm³/mol. The van der Waals surface area contributed by atoms with Gasteiger partial charge in [-0.15, -0.1) is 0 Å². The van der Waals surface area contributed by atoms with Crippen LogP contribution in [0.15, 0.2) is 54.6 Å². The number of hydrogen-bond donors (Lipinski definition) is 4. The zero-order valence-electron chi connectivity index (χ0n) is 37.8. The second-order valence-electron chi connectivity index (χ2n) is 20.3. The summed E-state index contributed by atoms with van der Waals surface area (Å²) in [4.78, 5) is 84.6. The van der Waals surface area contributed by atoms with Crippen molar-refractivity contribution in [3.05, 3.63) is 98.3 Å². The Bertz CT molecular complexity index is 2500. The van der Waals surface area contributed by atoms with Crippen LogP contribution in [0.2, 0.25) is 10.0 Å². The Morgan fingerprint density at radius 2 is 1.61 bits per heavy atom. The molecule has 3 saturated heterocycles. The standard InChI is InChI=1S/C52H59Cl2FN6O6/c53-34-14-15-38-40(28-34)57-50(67)52(38)44(36-8-5-9-39(54)45(36)55)46(59-51(52)20-2-1-3-21-51)42(62)27-30-10-12-32(13-11-30)47(64)56-22-25-60-23-18-31(19-24-60)26-33-6-4-7-35-37(33)29-61(49(35)66)41-16-17-43(63)58-48(41)65/h4-9,14-15,28,30-32,41,44,46,59H,1-3,10-13,16-27,29H2,(H,56,64)(H,57,67)(H,58,63,65)/t30?,32?,41?,44-,46-,52+/m0/s1. The number of halogens is 3. The molecule has 0 bridgehead atoms. The number of fused-ring (bicyclic) bond motifs is 4. The Kier molecular flexibility index (Phi) is 12.8. The van der Waals surface area contributed by atoms with Crippen LogP contribution in [0.25, 0.3) is 0 Å². The van der Waals surface area contributed by atoms with Crippen molar-refractivity contribution in [3.8, 4) is 0 Å². The average molecular weight is 954 g/mol. The summed E-state index contributed by atoms with van der Waals surface area (Å²) >= 11 is 12.9. The van der Waals surface area contributed by atoms with Gasteiger partial charge in [-0.05, 0) is 136 Å². The maximum Gasteiger partial charge on any atom is 0.255 e. The summed E-state index contributed by atoms with van der Waals surface area (Å²) in [5, 5.41) is 12.9. The Morgan fingerprint density at radius 3 is 2.37 bits per heavy atom. The number of rotatable bonds is 11. The van der Waals surface area contributed by atoms with Crippen molar-refractivity contribution in [1.82, 2.24) is 25.8 Å². The van der Waals surface area contributed by atoms with Gasteiger partial charge in [0, 0.05) is 66.1 Å². The fraction of sp³-hybridized carbons (Fsp3) is 0.538. The fourth-order valence-corrected chi connectivity index (χ4v) is 13.7. The number of amides is 5. The first kappa shape index (κ1) is 46.1. The van der Waals surface area contributed by atoms with E-state index in [0.717, 1.165) is 87.7 Å². The third-order valence-electron chi connectivity index (χ3n) is 16.7. The van der Waals surface area contributed by atoms with Crippen molar-refractivity contribution in [1.29, 1.82) is 0 Å². The lowest BCUT2D eigenvalue weighted by atomic mass is 9.55. The molecule has 2 saturated carbocycles. The molecule has 67 heavy (non-hydrogen) atoms. The number of ketones is 1. The quantitative estimate of drug-likeness (QED) is 0.145. The first-order valence-corrected chi connectivity index (χ1v) is 25.2. The highest BCUT2D eigenvalue weighted by molar-refractivity contribution is 6.31. The molecule has 4 N–H and O–H groups in total. The molecule has 4 atom stereocenters. The molecule has 354 valence electrons. The van der Waals surface area contributed by atoms with Gasteiger partial charge >= 0.3 is 0 Å². The van der Waals surface area contributed by atoms with E-state index in [9.17, 15) is 28.8 Å². The number of hydrogen-bond acceptors (Lipinski definition) is 8. The van der Waals surface area contributed by atoms with E-state index in [1.165, 1.54) is 6.07 Å². The Hall–Kier alpha value is -4.69. The minimum Gasteiger partial charge on any atom is -0.355 e. The van der Waals surface area contributed by atoms with E-state index >= 15 is 4.39 Å². The molecule has 3 aromatic carbocycles. The largest absolute Gasteiger partial charge is 0.355 e. The average Bonchev–Trinajstić information content (AvgIpc) is 3.92. The van der Waals surface area contributed by atoms with Crippen molar-refractivity contribution in [2.24, 2.45) is 17.8 Å². The van der Waals surface area contributed by atoms with Crippen LogP contribution in [0.4, 0.5) is 10.1 Å². The van der Waals surface area contributed by atoms with Crippen LogP contribution in [0.3, 0.4) is 0 Å². The van der Waals surface area contributed by atoms with Gasteiger partial charge in [0.05, 0.1) is 11.1 Å². The van der Waals surface area contributed by atoms with E-state index in [0.29, 0.717) is 67.4 Å². The number of anilines is 1. The van der Waals surface area contributed by atoms with Gasteiger partial charge in [0.25, 0.3) is 5.91 Å². The number of carbonyl (C=O) groups is 6. The third kappa shape index (κ3) is 8.29. The third-order valence-corrected chi connectivity index (χ3v) is 17.2. The Labute approximate surface area is 400 Å². The Morgan fingerprint density at radius 1 is 0.851 bits per heavy atom. The van der Waals surface area contributed by atoms with Gasteiger partial charge in [-0.25, -0.2) is 4.39 Å². The van der Waals surface area contributed by atoms with Crippen LogP contribution in [0.1, 0.15) is 128 Å². The molecule has 0 radical (unpaired) electrons. The lowest BCUT2D eigenvalue weighted by Crippen LogP contribution is -2.60. The zero-order chi connectivity index (χ0) is 46.6. The number of imide groups is 1. The first-order valence-electron chi connectivity index (χ1n) is 24.5. The van der Waals surface area contributed by atoms with E-state index in [2.05, 4.69) is 32.2 Å². The van der Waals surface area contributed by atoms with Gasteiger partial charge in [-0.2, -0.15) is 0 Å². The van der Waals surface area contributed by atoms with E-state index in [4.69, 9.17) is 23.2 Å². The van der Waals surface area contributed by atoms with Crippen molar-refractivity contribution in [2.45, 2.75) is 132 Å². The fourth-order valence-electron chi connectivity index (χ4n) is 13.4. The molecule has 5 amide bonds. The second kappa shape index (κ2) is 18.7. The maximum atomic E-state index is 16.3. The normalized spacial score (nSPS) is 28.4. The molecular weight excluding hydrogens is 895 g/mol. The monoisotopic (exact) mass is 952 g/mol. The van der Waals surface area contributed by atoms with E-state index in [1.807, 2.05) is 18.2 Å². The van der Waals surface area contributed by atoms with Crippen LogP contribution < -0.4 is 21.3 Å². The van der Waals surface area contributed by atoms with Gasteiger partial charge < -0.3 is 20.4 Å². The molecule has 5 heterocycles. The topological polar surface area (TPSA) is 157 Å². The summed E-state index contributed by atoms with van der Waals surface area (Å²) < 4.78 is 16.3. The minimum atomic E-state index is -1.26. The van der Waals surface area contributed by atoms with Crippen molar-refractivity contribution in [2.75, 3.05) is 31.5 Å². The first-order chi connectivity index (χ1) is 32.4. The molecule has 5 fully saturated rings. The number of nitrogens with zero attached hydrogens (tertiary/aromatic N) is 2. The van der Waals surface area contributed by atoms with Crippen LogP contribution >= 0.6 is 23.2 Å². The number of benzene rings is 3. The number of carbonyl (C=O) groups excluding carboxylic acids is 6. The highest BCUT2D eigenvalue weighted by Crippen LogP contribution is 2.63. The molecule has 2 aliphatic carbocycles. The van der Waals surface area contributed by atoms with E-state index < -0.39 is 40.7 Å². The summed E-state index contributed by atoms with van der Waals surface area (Å²) in [5.41, 5.74) is 2.34. The summed E-state index contributed by atoms with van der Waals surface area (Å²) in [6, 6.07) is 14.6. The second-order valence-corrected chi connectivity index (χ2v) is 21.2. The van der Waals surface area contributed by atoms with Gasteiger partial charge in [-0.1, -0.05) is 72.8 Å². The molecule has 15 heteroatoms. The number of likely N-dealkylation sites (tertiary alicyclic amines) is 1. The minimum absolute atomic E-state index is 0.0442. The molecular formula is C52H59Cl2FN6O6. The van der Waals surface area contributed by atoms with E-state index in [-0.39, 0.29) is 64.7 Å². The number of nitrogens with one attached hydrogen (secondary N) is 4. The molecule has 0 aromatic heterocycles. The van der Waals surface area contributed by atoms with Crippen molar-refractivity contribution >= 4 is 64.2 Å². The van der Waals surface area contributed by atoms with Gasteiger partial charge in [0.1, 0.15) is 17.3 Å². The highest BCUT2D eigenvalue weighted by atomic mass is 35.5. The van der Waals surface area contributed by atoms with Crippen LogP contribution in [-0.2, 0) is 42.4 Å². The van der Waals surface area contributed by atoms with Crippen molar-refractivity contribution < 1.29 is 33.2 Å². The summed E-state index contributed by atoms with van der Waals surface area (Å²) in [7, 11) is 0. The zero-order valence-corrected chi connectivity index (χ0v) is 39.3.